The lowest BCUT2D eigenvalue weighted by Crippen LogP contribution is -2.08. The van der Waals surface area contributed by atoms with Gasteiger partial charge in [0.2, 0.25) is 11.8 Å². The lowest BCUT2D eigenvalue weighted by Gasteiger charge is -2.10. The van der Waals surface area contributed by atoms with E-state index < -0.39 is 11.9 Å². The second kappa shape index (κ2) is 5.30. The van der Waals surface area contributed by atoms with Crippen LogP contribution in [0, 0.1) is 6.92 Å². The number of hydrogen-bond donors (Lipinski definition) is 1. The molecule has 1 atom stereocenters. The quantitative estimate of drug-likeness (QED) is 0.939. The minimum Gasteiger partial charge on any atom is -0.481 e. The van der Waals surface area contributed by atoms with E-state index in [1.54, 1.807) is 6.92 Å². The first-order valence-corrected chi connectivity index (χ1v) is 6.13. The highest BCUT2D eigenvalue weighted by Crippen LogP contribution is 2.28. The predicted octanol–water partition coefficient (Wildman–Crippen LogP) is 2.75. The average Bonchev–Trinajstić information content (AvgIpc) is 2.74. The molecule has 0 fully saturated rings. The van der Waals surface area contributed by atoms with Gasteiger partial charge in [0.25, 0.3) is 0 Å². The van der Waals surface area contributed by atoms with Crippen molar-refractivity contribution in [3.63, 3.8) is 0 Å². The molecule has 0 aliphatic heterocycles. The fraction of sp³-hybridized carbons (Fsp3) is 0.250. The number of aliphatic carboxylic acids is 1. The summed E-state index contributed by atoms with van der Waals surface area (Å²) in [6, 6.07) is 7.40. The number of benzene rings is 1. The first-order chi connectivity index (χ1) is 8.56. The van der Waals surface area contributed by atoms with Gasteiger partial charge in [-0.25, -0.2) is 0 Å². The van der Waals surface area contributed by atoms with Crippen LogP contribution in [0.25, 0.3) is 0 Å². The van der Waals surface area contributed by atoms with Crippen LogP contribution in [0.15, 0.2) is 33.2 Å². The molecule has 0 bridgehead atoms. The van der Waals surface area contributed by atoms with Gasteiger partial charge in [-0.05, 0) is 17.7 Å². The van der Waals surface area contributed by atoms with Crippen molar-refractivity contribution < 1.29 is 14.3 Å². The van der Waals surface area contributed by atoms with E-state index in [4.69, 9.17) is 9.52 Å². The van der Waals surface area contributed by atoms with E-state index in [-0.39, 0.29) is 6.42 Å². The highest BCUT2D eigenvalue weighted by molar-refractivity contribution is 9.10. The van der Waals surface area contributed by atoms with E-state index in [1.165, 1.54) is 0 Å². The topological polar surface area (TPSA) is 76.2 Å². The van der Waals surface area contributed by atoms with Crippen LogP contribution in [0.3, 0.4) is 0 Å². The van der Waals surface area contributed by atoms with E-state index in [0.29, 0.717) is 11.8 Å². The molecule has 5 nitrogen and oxygen atoms in total. The van der Waals surface area contributed by atoms with Gasteiger partial charge in [0.05, 0.1) is 12.3 Å². The molecule has 1 heterocycles. The average molecular weight is 311 g/mol. The molecule has 2 aromatic rings. The van der Waals surface area contributed by atoms with Gasteiger partial charge in [0, 0.05) is 11.4 Å². The summed E-state index contributed by atoms with van der Waals surface area (Å²) in [6.07, 6.45) is -0.0801. The zero-order valence-electron chi connectivity index (χ0n) is 9.63. The SMILES string of the molecule is Cc1nnc(C(CC(=O)O)c2ccc(Br)cc2)o1. The maximum absolute atomic E-state index is 10.9. The van der Waals surface area contributed by atoms with E-state index >= 15 is 0 Å². The third kappa shape index (κ3) is 2.95. The maximum Gasteiger partial charge on any atom is 0.304 e. The van der Waals surface area contributed by atoms with Crippen molar-refractivity contribution in [1.82, 2.24) is 10.2 Å². The number of aryl methyl sites for hydroxylation is 1. The zero-order chi connectivity index (χ0) is 13.1. The molecular weight excluding hydrogens is 300 g/mol. The van der Waals surface area contributed by atoms with Crippen LogP contribution in [0.5, 0.6) is 0 Å². The van der Waals surface area contributed by atoms with Gasteiger partial charge in [0.1, 0.15) is 0 Å². The van der Waals surface area contributed by atoms with Gasteiger partial charge < -0.3 is 9.52 Å². The van der Waals surface area contributed by atoms with Crippen molar-refractivity contribution in [2.24, 2.45) is 0 Å². The molecule has 0 radical (unpaired) electrons. The number of carbonyl (C=O) groups is 1. The Kier molecular flexibility index (Phi) is 3.76. The molecule has 0 amide bonds. The standard InChI is InChI=1S/C12H11BrN2O3/c1-7-14-15-12(18-7)10(6-11(16)17)8-2-4-9(13)5-3-8/h2-5,10H,6H2,1H3,(H,16,17). The van der Waals surface area contributed by atoms with Crippen LogP contribution in [0.1, 0.15) is 29.7 Å². The van der Waals surface area contributed by atoms with Crippen LogP contribution in [0.4, 0.5) is 0 Å². The van der Waals surface area contributed by atoms with Crippen molar-refractivity contribution in [2.45, 2.75) is 19.3 Å². The van der Waals surface area contributed by atoms with Crippen molar-refractivity contribution in [3.8, 4) is 0 Å². The van der Waals surface area contributed by atoms with Crippen LogP contribution in [0.2, 0.25) is 0 Å². The molecule has 0 spiro atoms. The van der Waals surface area contributed by atoms with Gasteiger partial charge in [-0.1, -0.05) is 28.1 Å². The third-order valence-corrected chi connectivity index (χ3v) is 3.02. The summed E-state index contributed by atoms with van der Waals surface area (Å²) in [6.45, 7) is 1.68. The molecule has 1 N–H and O–H groups in total. The van der Waals surface area contributed by atoms with Crippen molar-refractivity contribution in [2.75, 3.05) is 0 Å². The van der Waals surface area contributed by atoms with Gasteiger partial charge in [0.15, 0.2) is 0 Å². The minimum absolute atomic E-state index is 0.0801. The Labute approximate surface area is 112 Å². The van der Waals surface area contributed by atoms with E-state index in [0.717, 1.165) is 10.0 Å². The molecule has 0 aliphatic carbocycles. The number of carboxylic acids is 1. The van der Waals surface area contributed by atoms with Crippen LogP contribution in [-0.4, -0.2) is 21.3 Å². The molecule has 0 saturated carbocycles. The summed E-state index contributed by atoms with van der Waals surface area (Å²) in [5.41, 5.74) is 0.837. The smallest absolute Gasteiger partial charge is 0.304 e. The molecule has 6 heteroatoms. The van der Waals surface area contributed by atoms with E-state index in [9.17, 15) is 4.79 Å². The van der Waals surface area contributed by atoms with Crippen LogP contribution >= 0.6 is 15.9 Å². The second-order valence-electron chi connectivity index (χ2n) is 3.86. The first-order valence-electron chi connectivity index (χ1n) is 5.33. The minimum atomic E-state index is -0.904. The Bertz CT molecular complexity index is 551. The van der Waals surface area contributed by atoms with Crippen LogP contribution in [-0.2, 0) is 4.79 Å². The molecule has 1 unspecified atom stereocenters. The lowest BCUT2D eigenvalue weighted by atomic mass is 9.96. The predicted molar refractivity (Wildman–Crippen MR) is 67.3 cm³/mol. The first kappa shape index (κ1) is 12.8. The Morgan fingerprint density at radius 1 is 1.39 bits per heavy atom. The maximum atomic E-state index is 10.9. The van der Waals surface area contributed by atoms with Crippen molar-refractivity contribution >= 4 is 21.9 Å². The highest BCUT2D eigenvalue weighted by atomic mass is 79.9. The number of hydrogen-bond acceptors (Lipinski definition) is 4. The summed E-state index contributed by atoms with van der Waals surface area (Å²) >= 11 is 3.34. The van der Waals surface area contributed by atoms with E-state index in [1.807, 2.05) is 24.3 Å². The lowest BCUT2D eigenvalue weighted by molar-refractivity contribution is -0.137. The third-order valence-electron chi connectivity index (χ3n) is 2.49. The summed E-state index contributed by atoms with van der Waals surface area (Å²) in [5.74, 6) is -0.565. The Morgan fingerprint density at radius 3 is 2.56 bits per heavy atom. The van der Waals surface area contributed by atoms with Crippen LogP contribution < -0.4 is 0 Å². The fourth-order valence-electron chi connectivity index (χ4n) is 1.67. The summed E-state index contributed by atoms with van der Waals surface area (Å²) in [4.78, 5) is 10.9. The Morgan fingerprint density at radius 2 is 2.06 bits per heavy atom. The number of aromatic nitrogens is 2. The number of nitrogens with zero attached hydrogens (tertiary/aromatic N) is 2. The molecule has 2 rings (SSSR count). The largest absolute Gasteiger partial charge is 0.481 e. The normalized spacial score (nSPS) is 12.3. The highest BCUT2D eigenvalue weighted by Gasteiger charge is 2.23. The van der Waals surface area contributed by atoms with Gasteiger partial charge in [-0.2, -0.15) is 0 Å². The van der Waals surface area contributed by atoms with Crippen molar-refractivity contribution in [1.29, 1.82) is 0 Å². The number of rotatable bonds is 4. The molecule has 18 heavy (non-hydrogen) atoms. The summed E-state index contributed by atoms with van der Waals surface area (Å²) in [7, 11) is 0. The van der Waals surface area contributed by atoms with Gasteiger partial charge in [-0.15, -0.1) is 10.2 Å². The number of halogens is 1. The van der Waals surface area contributed by atoms with Crippen molar-refractivity contribution in [3.05, 3.63) is 46.1 Å². The molecule has 0 saturated heterocycles. The molecule has 1 aromatic carbocycles. The summed E-state index contributed by atoms with van der Waals surface area (Å²) < 4.78 is 6.27. The Balaban J connectivity index is 2.36. The van der Waals surface area contributed by atoms with Gasteiger partial charge in [-0.3, -0.25) is 4.79 Å². The second-order valence-corrected chi connectivity index (χ2v) is 4.78. The molecule has 94 valence electrons. The Hall–Kier alpha value is -1.69. The number of carboxylic acid groups (broad SMARTS) is 1. The van der Waals surface area contributed by atoms with E-state index in [2.05, 4.69) is 26.1 Å². The summed E-state index contributed by atoms with van der Waals surface area (Å²) in [5, 5.41) is 16.6. The zero-order valence-corrected chi connectivity index (χ0v) is 11.2. The molecule has 1 aromatic heterocycles. The fourth-order valence-corrected chi connectivity index (χ4v) is 1.93. The monoisotopic (exact) mass is 310 g/mol. The molecule has 0 aliphatic rings. The molecular formula is C12H11BrN2O3. The van der Waals surface area contributed by atoms with Gasteiger partial charge >= 0.3 is 5.97 Å².